The molecule has 0 bridgehead atoms. The van der Waals surface area contributed by atoms with Crippen molar-refractivity contribution >= 4 is 69.6 Å². The fourth-order valence-electron chi connectivity index (χ4n) is 5.05. The van der Waals surface area contributed by atoms with Crippen LogP contribution >= 0.6 is 34.8 Å². The van der Waals surface area contributed by atoms with Crippen LogP contribution in [0.25, 0.3) is 0 Å². The molecule has 3 amide bonds. The Morgan fingerprint density at radius 3 is 1.69 bits per heavy atom. The SMILES string of the molecule is O=C1Cc2cc(Cc3cc4c(c(Cc5cc6c(cc5Cl)NC(=O)C6)c3Cl)NC(=O)C4)c(Cl)cc2N1. The Hall–Kier alpha value is -3.06. The lowest BCUT2D eigenvalue weighted by molar-refractivity contribution is -0.115. The van der Waals surface area contributed by atoms with Gasteiger partial charge in [0.2, 0.25) is 17.7 Å². The zero-order chi connectivity index (χ0) is 24.4. The van der Waals surface area contributed by atoms with E-state index in [2.05, 4.69) is 16.0 Å². The second kappa shape index (κ2) is 8.26. The molecule has 3 aliphatic heterocycles. The molecule has 0 aromatic heterocycles. The minimum atomic E-state index is -0.0931. The van der Waals surface area contributed by atoms with Gasteiger partial charge in [0, 0.05) is 45.0 Å². The number of carbonyl (C=O) groups excluding carboxylic acids is 3. The summed E-state index contributed by atoms with van der Waals surface area (Å²) in [6.07, 6.45) is 1.72. The number of fused-ring (bicyclic) bond motifs is 3. The average Bonchev–Trinajstić information content (AvgIpc) is 3.45. The van der Waals surface area contributed by atoms with Crippen LogP contribution in [0.15, 0.2) is 30.3 Å². The van der Waals surface area contributed by atoms with Crippen LogP contribution in [-0.2, 0) is 46.5 Å². The average molecular weight is 527 g/mol. The third-order valence-corrected chi connectivity index (χ3v) is 7.85. The standard InChI is InChI=1S/C26H18Cl3N3O3/c27-18-9-20-13(6-22(33)30-20)1-11(18)3-15-4-16-8-24(35)32-26(16)17(25(15)29)5-12-2-14-7-23(34)31-21(14)10-19(12)28/h1-2,4,9-10H,3,5-8H2,(H,30,33)(H,31,34)(H,32,35). The molecular formula is C26H18Cl3N3O3. The Morgan fingerprint density at radius 2 is 1.09 bits per heavy atom. The van der Waals surface area contributed by atoms with Crippen molar-refractivity contribution in [1.82, 2.24) is 0 Å². The topological polar surface area (TPSA) is 87.3 Å². The first kappa shape index (κ1) is 22.4. The summed E-state index contributed by atoms with van der Waals surface area (Å²) in [6.45, 7) is 0. The van der Waals surface area contributed by atoms with Crippen molar-refractivity contribution in [2.24, 2.45) is 0 Å². The summed E-state index contributed by atoms with van der Waals surface area (Å²) in [5.74, 6) is -0.215. The van der Waals surface area contributed by atoms with E-state index >= 15 is 0 Å². The predicted molar refractivity (Wildman–Crippen MR) is 137 cm³/mol. The molecule has 0 atom stereocenters. The molecule has 0 unspecified atom stereocenters. The summed E-state index contributed by atoms with van der Waals surface area (Å²) in [6, 6.07) is 9.32. The van der Waals surface area contributed by atoms with E-state index in [0.29, 0.717) is 46.4 Å². The Bertz CT molecular complexity index is 1500. The smallest absolute Gasteiger partial charge is 0.228 e. The number of halogens is 3. The molecule has 6 rings (SSSR count). The van der Waals surface area contributed by atoms with Crippen LogP contribution < -0.4 is 16.0 Å². The van der Waals surface area contributed by atoms with Gasteiger partial charge in [-0.05, 0) is 51.1 Å². The molecular weight excluding hydrogens is 509 g/mol. The molecule has 6 nitrogen and oxygen atoms in total. The predicted octanol–water partition coefficient (Wildman–Crippen LogP) is 5.31. The monoisotopic (exact) mass is 525 g/mol. The van der Waals surface area contributed by atoms with Gasteiger partial charge in [-0.2, -0.15) is 0 Å². The summed E-state index contributed by atoms with van der Waals surface area (Å²) < 4.78 is 0. The minimum absolute atomic E-state index is 0.0567. The van der Waals surface area contributed by atoms with Gasteiger partial charge in [-0.1, -0.05) is 53.0 Å². The highest BCUT2D eigenvalue weighted by molar-refractivity contribution is 6.34. The highest BCUT2D eigenvalue weighted by Crippen LogP contribution is 2.41. The van der Waals surface area contributed by atoms with Crippen molar-refractivity contribution < 1.29 is 14.4 Å². The lowest BCUT2D eigenvalue weighted by Crippen LogP contribution is -2.06. The number of hydrogen-bond acceptors (Lipinski definition) is 3. The largest absolute Gasteiger partial charge is 0.325 e. The molecule has 3 aliphatic rings. The van der Waals surface area contributed by atoms with Crippen LogP contribution in [0.1, 0.15) is 38.9 Å². The quantitative estimate of drug-likeness (QED) is 0.430. The van der Waals surface area contributed by atoms with Crippen LogP contribution in [0.5, 0.6) is 0 Å². The highest BCUT2D eigenvalue weighted by Gasteiger charge is 2.27. The van der Waals surface area contributed by atoms with Crippen molar-refractivity contribution in [2.45, 2.75) is 32.1 Å². The van der Waals surface area contributed by atoms with E-state index in [4.69, 9.17) is 34.8 Å². The number of carbonyl (C=O) groups is 3. The maximum atomic E-state index is 12.3. The zero-order valence-corrected chi connectivity index (χ0v) is 20.5. The number of hydrogen-bond donors (Lipinski definition) is 3. The van der Waals surface area contributed by atoms with Gasteiger partial charge >= 0.3 is 0 Å². The first-order chi connectivity index (χ1) is 16.7. The van der Waals surface area contributed by atoms with Gasteiger partial charge in [0.1, 0.15) is 0 Å². The van der Waals surface area contributed by atoms with Crippen molar-refractivity contribution in [1.29, 1.82) is 0 Å². The number of anilines is 3. The van der Waals surface area contributed by atoms with Crippen LogP contribution in [0.2, 0.25) is 15.1 Å². The van der Waals surface area contributed by atoms with E-state index in [1.165, 1.54) is 0 Å². The molecule has 0 saturated carbocycles. The third kappa shape index (κ3) is 3.96. The molecule has 3 heterocycles. The summed E-state index contributed by atoms with van der Waals surface area (Å²) >= 11 is 20.1. The summed E-state index contributed by atoms with van der Waals surface area (Å²) in [4.78, 5) is 35.9. The van der Waals surface area contributed by atoms with Crippen molar-refractivity contribution in [3.63, 3.8) is 0 Å². The van der Waals surface area contributed by atoms with E-state index in [1.54, 1.807) is 12.1 Å². The van der Waals surface area contributed by atoms with Gasteiger partial charge in [-0.3, -0.25) is 14.4 Å². The lowest BCUT2D eigenvalue weighted by Gasteiger charge is -2.17. The van der Waals surface area contributed by atoms with Gasteiger partial charge < -0.3 is 16.0 Å². The molecule has 176 valence electrons. The second-order valence-electron chi connectivity index (χ2n) is 9.09. The fourth-order valence-corrected chi connectivity index (χ4v) is 5.80. The van der Waals surface area contributed by atoms with Gasteiger partial charge in [-0.15, -0.1) is 0 Å². The van der Waals surface area contributed by atoms with E-state index in [0.717, 1.165) is 50.3 Å². The summed E-state index contributed by atoms with van der Waals surface area (Å²) in [5, 5.41) is 10.1. The second-order valence-corrected chi connectivity index (χ2v) is 10.3. The normalized spacial score (nSPS) is 15.5. The number of benzene rings is 3. The highest BCUT2D eigenvalue weighted by atomic mass is 35.5. The third-order valence-electron chi connectivity index (χ3n) is 6.68. The molecule has 3 aromatic rings. The van der Waals surface area contributed by atoms with Crippen LogP contribution in [0.4, 0.5) is 17.1 Å². The van der Waals surface area contributed by atoms with E-state index < -0.39 is 0 Å². The van der Waals surface area contributed by atoms with Crippen molar-refractivity contribution in [3.8, 4) is 0 Å². The summed E-state index contributed by atoms with van der Waals surface area (Å²) in [7, 11) is 0. The van der Waals surface area contributed by atoms with Crippen molar-refractivity contribution in [3.05, 3.63) is 84.3 Å². The van der Waals surface area contributed by atoms with Crippen LogP contribution in [-0.4, -0.2) is 17.7 Å². The molecule has 35 heavy (non-hydrogen) atoms. The van der Waals surface area contributed by atoms with Crippen LogP contribution in [0, 0.1) is 0 Å². The van der Waals surface area contributed by atoms with Gasteiger partial charge in [0.05, 0.1) is 19.3 Å². The molecule has 0 saturated heterocycles. The van der Waals surface area contributed by atoms with Crippen molar-refractivity contribution in [2.75, 3.05) is 16.0 Å². The molecule has 3 aromatic carbocycles. The van der Waals surface area contributed by atoms with Crippen LogP contribution in [0.3, 0.4) is 0 Å². The Morgan fingerprint density at radius 1 is 0.600 bits per heavy atom. The Kier molecular flexibility index (Phi) is 5.29. The molecule has 0 aliphatic carbocycles. The fraction of sp³-hybridized carbons (Fsp3) is 0.192. The Balaban J connectivity index is 1.41. The lowest BCUT2D eigenvalue weighted by atomic mass is 9.93. The minimum Gasteiger partial charge on any atom is -0.325 e. The number of nitrogens with one attached hydrogen (secondary N) is 3. The van der Waals surface area contributed by atoms with Gasteiger partial charge in [0.25, 0.3) is 0 Å². The molecule has 0 spiro atoms. The first-order valence-electron chi connectivity index (χ1n) is 11.1. The molecule has 0 radical (unpaired) electrons. The molecule has 3 N–H and O–H groups in total. The maximum Gasteiger partial charge on any atom is 0.228 e. The molecule has 9 heteroatoms. The van der Waals surface area contributed by atoms with E-state index in [1.807, 2.05) is 18.2 Å². The first-order valence-corrected chi connectivity index (χ1v) is 12.2. The van der Waals surface area contributed by atoms with Gasteiger partial charge in [0.15, 0.2) is 0 Å². The maximum absolute atomic E-state index is 12.3. The van der Waals surface area contributed by atoms with E-state index in [-0.39, 0.29) is 24.1 Å². The van der Waals surface area contributed by atoms with Gasteiger partial charge in [-0.25, -0.2) is 0 Å². The molecule has 0 fully saturated rings. The van der Waals surface area contributed by atoms with E-state index in [9.17, 15) is 14.4 Å². The zero-order valence-electron chi connectivity index (χ0n) is 18.3. The summed E-state index contributed by atoms with van der Waals surface area (Å²) in [5.41, 5.74) is 8.12. The Labute approximate surface area is 215 Å². The number of amides is 3. The number of rotatable bonds is 4.